The summed E-state index contributed by atoms with van der Waals surface area (Å²) in [7, 11) is 0. The molecule has 3 heterocycles. The molecule has 1 aliphatic carbocycles. The van der Waals surface area contributed by atoms with E-state index >= 15 is 0 Å². The van der Waals surface area contributed by atoms with Crippen molar-refractivity contribution in [1.29, 1.82) is 0 Å². The lowest BCUT2D eigenvalue weighted by Gasteiger charge is -2.33. The van der Waals surface area contributed by atoms with E-state index in [4.69, 9.17) is 0 Å². The lowest BCUT2D eigenvalue weighted by Crippen LogP contribution is -2.52. The topological polar surface area (TPSA) is 106 Å². The number of pyridine rings is 1. The molecule has 0 radical (unpaired) electrons. The van der Waals surface area contributed by atoms with Crippen molar-refractivity contribution in [3.63, 3.8) is 0 Å². The van der Waals surface area contributed by atoms with Crippen molar-refractivity contribution in [2.45, 2.75) is 43.9 Å². The smallest absolute Gasteiger partial charge is 0.362 e. The van der Waals surface area contributed by atoms with Gasteiger partial charge >= 0.3 is 6.18 Å². The van der Waals surface area contributed by atoms with Crippen LogP contribution in [-0.4, -0.2) is 42.4 Å². The van der Waals surface area contributed by atoms with Gasteiger partial charge in [-0.05, 0) is 44.4 Å². The number of alkyl halides is 3. The van der Waals surface area contributed by atoms with Crippen molar-refractivity contribution >= 4 is 11.7 Å². The molecule has 1 fully saturated rings. The number of aromatic nitrogens is 5. The summed E-state index contributed by atoms with van der Waals surface area (Å²) in [5.41, 5.74) is -0.980. The van der Waals surface area contributed by atoms with Gasteiger partial charge in [-0.25, -0.2) is 19.9 Å². The van der Waals surface area contributed by atoms with Crippen molar-refractivity contribution in [2.24, 2.45) is 0 Å². The standard InChI is InChI=1S/C21H20F3N7O/c1-20(31-16-12-28-15(11-29-16)21(22,23)24)7-2-6-14(20)30-19(32)17-13(5-3-8-25-17)18-26-9-4-10-27-18/h3-5,8-12,14H,2,6-7H2,1H3,(H,29,31)(H,30,32)/t14?,20-/m0/s1. The zero-order valence-corrected chi connectivity index (χ0v) is 17.1. The van der Waals surface area contributed by atoms with E-state index in [1.54, 1.807) is 30.6 Å². The van der Waals surface area contributed by atoms with Crippen molar-refractivity contribution in [1.82, 2.24) is 30.2 Å². The minimum Gasteiger partial charge on any atom is -0.362 e. The molecule has 0 aliphatic heterocycles. The van der Waals surface area contributed by atoms with Gasteiger partial charge in [-0.15, -0.1) is 0 Å². The summed E-state index contributed by atoms with van der Waals surface area (Å²) in [6, 6.07) is 4.80. The molecule has 2 atom stereocenters. The molecule has 1 saturated carbocycles. The van der Waals surface area contributed by atoms with Gasteiger partial charge in [0.1, 0.15) is 11.5 Å². The predicted molar refractivity (Wildman–Crippen MR) is 109 cm³/mol. The maximum atomic E-state index is 13.1. The monoisotopic (exact) mass is 443 g/mol. The summed E-state index contributed by atoms with van der Waals surface area (Å²) in [4.78, 5) is 33.0. The Balaban J connectivity index is 1.52. The molecule has 3 aromatic heterocycles. The number of nitrogens with one attached hydrogen (secondary N) is 2. The van der Waals surface area contributed by atoms with E-state index in [2.05, 4.69) is 35.6 Å². The Morgan fingerprint density at radius 1 is 1.06 bits per heavy atom. The Bertz CT molecular complexity index is 1090. The van der Waals surface area contributed by atoms with Crippen molar-refractivity contribution < 1.29 is 18.0 Å². The first-order chi connectivity index (χ1) is 15.3. The van der Waals surface area contributed by atoms with Crippen LogP contribution in [0.1, 0.15) is 42.4 Å². The Labute approximate surface area is 181 Å². The molecule has 3 aromatic rings. The number of rotatable bonds is 5. The predicted octanol–water partition coefficient (Wildman–Crippen LogP) is 3.50. The number of carbonyl (C=O) groups is 1. The fourth-order valence-electron chi connectivity index (χ4n) is 3.81. The minimum absolute atomic E-state index is 0.197. The van der Waals surface area contributed by atoms with Gasteiger partial charge in [0.15, 0.2) is 11.5 Å². The van der Waals surface area contributed by atoms with Gasteiger partial charge in [-0.3, -0.25) is 9.78 Å². The van der Waals surface area contributed by atoms with Crippen LogP contribution in [0.3, 0.4) is 0 Å². The summed E-state index contributed by atoms with van der Waals surface area (Å²) in [6.07, 6.45) is 4.07. The van der Waals surface area contributed by atoms with Gasteiger partial charge in [-0.2, -0.15) is 13.2 Å². The van der Waals surface area contributed by atoms with Crippen LogP contribution in [0.15, 0.2) is 49.2 Å². The van der Waals surface area contributed by atoms with Gasteiger partial charge < -0.3 is 10.6 Å². The fourth-order valence-corrected chi connectivity index (χ4v) is 3.81. The lowest BCUT2D eigenvalue weighted by molar-refractivity contribution is -0.141. The van der Waals surface area contributed by atoms with Crippen molar-refractivity contribution in [3.8, 4) is 11.4 Å². The molecular weight excluding hydrogens is 423 g/mol. The molecule has 1 unspecified atom stereocenters. The van der Waals surface area contributed by atoms with Crippen LogP contribution in [-0.2, 0) is 6.18 Å². The first-order valence-electron chi connectivity index (χ1n) is 9.97. The Hall–Kier alpha value is -3.63. The molecule has 0 bridgehead atoms. The first-order valence-corrected chi connectivity index (χ1v) is 9.97. The number of nitrogens with zero attached hydrogens (tertiary/aromatic N) is 5. The number of anilines is 1. The summed E-state index contributed by atoms with van der Waals surface area (Å²) >= 11 is 0. The normalized spacial score (nSPS) is 20.7. The van der Waals surface area contributed by atoms with E-state index in [0.29, 0.717) is 30.4 Å². The molecule has 32 heavy (non-hydrogen) atoms. The zero-order valence-electron chi connectivity index (χ0n) is 17.1. The summed E-state index contributed by atoms with van der Waals surface area (Å²) in [5.74, 6) is 0.211. The molecule has 4 rings (SSSR count). The number of amides is 1. The Morgan fingerprint density at radius 2 is 1.81 bits per heavy atom. The number of hydrogen-bond donors (Lipinski definition) is 2. The van der Waals surface area contributed by atoms with Crippen molar-refractivity contribution in [2.75, 3.05) is 5.32 Å². The SMILES string of the molecule is C[C@]1(Nc2cnc(C(F)(F)F)cn2)CCCC1NC(=O)c1ncccc1-c1ncccn1. The highest BCUT2D eigenvalue weighted by atomic mass is 19.4. The second-order valence-corrected chi connectivity index (χ2v) is 7.72. The summed E-state index contributed by atoms with van der Waals surface area (Å²) in [6.45, 7) is 1.89. The second-order valence-electron chi connectivity index (χ2n) is 7.72. The third kappa shape index (κ3) is 4.51. The molecule has 166 valence electrons. The molecule has 0 aromatic carbocycles. The average Bonchev–Trinajstić information content (AvgIpc) is 3.13. The molecule has 11 heteroatoms. The molecule has 2 N–H and O–H groups in total. The summed E-state index contributed by atoms with van der Waals surface area (Å²) in [5, 5.41) is 6.15. The Morgan fingerprint density at radius 3 is 2.50 bits per heavy atom. The summed E-state index contributed by atoms with van der Waals surface area (Å²) < 4.78 is 38.2. The van der Waals surface area contributed by atoms with Gasteiger partial charge in [0, 0.05) is 18.6 Å². The highest BCUT2D eigenvalue weighted by Crippen LogP contribution is 2.34. The van der Waals surface area contributed by atoms with Crippen molar-refractivity contribution in [3.05, 3.63) is 60.6 Å². The third-order valence-corrected chi connectivity index (χ3v) is 5.45. The van der Waals surface area contributed by atoms with E-state index < -0.39 is 17.4 Å². The zero-order chi connectivity index (χ0) is 22.8. The largest absolute Gasteiger partial charge is 0.434 e. The van der Waals surface area contributed by atoms with Gasteiger partial charge in [0.2, 0.25) is 0 Å². The van der Waals surface area contributed by atoms with Crippen LogP contribution in [0, 0.1) is 0 Å². The molecule has 0 saturated heterocycles. The molecule has 0 spiro atoms. The maximum absolute atomic E-state index is 13.1. The molecule has 8 nitrogen and oxygen atoms in total. The van der Waals surface area contributed by atoms with Crippen LogP contribution in [0.4, 0.5) is 19.0 Å². The van der Waals surface area contributed by atoms with Crippen LogP contribution in [0.25, 0.3) is 11.4 Å². The fraction of sp³-hybridized carbons (Fsp3) is 0.333. The van der Waals surface area contributed by atoms with Gasteiger partial charge in [0.25, 0.3) is 5.91 Å². The highest BCUT2D eigenvalue weighted by molar-refractivity contribution is 5.98. The van der Waals surface area contributed by atoms with Crippen LogP contribution < -0.4 is 10.6 Å². The van der Waals surface area contributed by atoms with Gasteiger partial charge in [-0.1, -0.05) is 0 Å². The molecule has 1 amide bonds. The third-order valence-electron chi connectivity index (χ3n) is 5.45. The first kappa shape index (κ1) is 21.6. The van der Waals surface area contributed by atoms with E-state index in [0.717, 1.165) is 12.6 Å². The lowest BCUT2D eigenvalue weighted by atomic mass is 9.95. The van der Waals surface area contributed by atoms with E-state index in [-0.39, 0.29) is 23.5 Å². The quantitative estimate of drug-likeness (QED) is 0.622. The second kappa shape index (κ2) is 8.48. The van der Waals surface area contributed by atoms with E-state index in [1.165, 1.54) is 6.20 Å². The number of hydrogen-bond acceptors (Lipinski definition) is 7. The highest BCUT2D eigenvalue weighted by Gasteiger charge is 2.41. The van der Waals surface area contributed by atoms with E-state index in [1.807, 2.05) is 6.92 Å². The molecule has 1 aliphatic rings. The van der Waals surface area contributed by atoms with Gasteiger partial charge in [0.05, 0.1) is 29.5 Å². The number of carbonyl (C=O) groups excluding carboxylic acids is 1. The molecular formula is C21H20F3N7O. The van der Waals surface area contributed by atoms with Crippen LogP contribution in [0.5, 0.6) is 0 Å². The Kier molecular flexibility index (Phi) is 5.72. The number of halogens is 3. The van der Waals surface area contributed by atoms with Crippen LogP contribution >= 0.6 is 0 Å². The maximum Gasteiger partial charge on any atom is 0.434 e. The van der Waals surface area contributed by atoms with E-state index in [9.17, 15) is 18.0 Å². The average molecular weight is 443 g/mol. The van der Waals surface area contributed by atoms with Crippen LogP contribution in [0.2, 0.25) is 0 Å². The minimum atomic E-state index is -4.55.